The Morgan fingerprint density at radius 3 is 2.37 bits per heavy atom. The second-order valence-corrected chi connectivity index (χ2v) is 8.56. The lowest BCUT2D eigenvalue weighted by molar-refractivity contribution is -0.117. The zero-order valence-electron chi connectivity index (χ0n) is 17.5. The number of hydrogen-bond acceptors (Lipinski definition) is 4. The van der Waals surface area contributed by atoms with Crippen LogP contribution in [0.1, 0.15) is 45.6 Å². The summed E-state index contributed by atoms with van der Waals surface area (Å²) in [5.41, 5.74) is 2.54. The van der Waals surface area contributed by atoms with Gasteiger partial charge in [0, 0.05) is 45.0 Å². The molecule has 0 aromatic heterocycles. The molecule has 2 rings (SSSR count). The van der Waals surface area contributed by atoms with E-state index in [2.05, 4.69) is 11.4 Å². The zero-order valence-corrected chi connectivity index (χ0v) is 17.5. The summed E-state index contributed by atoms with van der Waals surface area (Å²) in [6.45, 7) is 8.90. The molecule has 2 amide bonds. The molecule has 0 unspecified atom stereocenters. The maximum absolute atomic E-state index is 12.4. The standard InChI is InChI=1S/C21H33N3O3/c1-15-13-17(23(5)6)7-8-18(15)22-19(25)14-16-9-11-24(12-10-16)20(26)27-21(2,3)4/h7-8,13,16H,9-12,14H2,1-6H3,(H,22,25). The van der Waals surface area contributed by atoms with E-state index in [0.29, 0.717) is 25.4 Å². The smallest absolute Gasteiger partial charge is 0.410 e. The third kappa shape index (κ3) is 6.45. The van der Waals surface area contributed by atoms with Crippen LogP contribution < -0.4 is 10.2 Å². The van der Waals surface area contributed by atoms with Crippen LogP contribution in [0.3, 0.4) is 0 Å². The van der Waals surface area contributed by atoms with E-state index in [1.165, 1.54) is 0 Å². The highest BCUT2D eigenvalue weighted by molar-refractivity contribution is 5.92. The Morgan fingerprint density at radius 2 is 1.85 bits per heavy atom. The Morgan fingerprint density at radius 1 is 1.22 bits per heavy atom. The van der Waals surface area contributed by atoms with Crippen molar-refractivity contribution in [2.24, 2.45) is 5.92 Å². The number of nitrogens with one attached hydrogen (secondary N) is 1. The fourth-order valence-electron chi connectivity index (χ4n) is 3.18. The Bertz CT molecular complexity index is 672. The Labute approximate surface area is 162 Å². The van der Waals surface area contributed by atoms with Crippen molar-refractivity contribution in [2.45, 2.75) is 52.6 Å². The lowest BCUT2D eigenvalue weighted by Gasteiger charge is -2.33. The van der Waals surface area contributed by atoms with Gasteiger partial charge >= 0.3 is 6.09 Å². The molecule has 1 N–H and O–H groups in total. The predicted molar refractivity (Wildman–Crippen MR) is 109 cm³/mol. The minimum Gasteiger partial charge on any atom is -0.444 e. The highest BCUT2D eigenvalue weighted by Gasteiger charge is 2.27. The number of carbonyl (C=O) groups excluding carboxylic acids is 2. The normalized spacial score (nSPS) is 15.4. The quantitative estimate of drug-likeness (QED) is 0.863. The maximum Gasteiger partial charge on any atom is 0.410 e. The molecule has 150 valence electrons. The molecule has 0 atom stereocenters. The number of amides is 2. The van der Waals surface area contributed by atoms with E-state index in [1.807, 2.05) is 58.8 Å². The third-order valence-corrected chi connectivity index (χ3v) is 4.74. The number of aryl methyl sites for hydroxylation is 1. The van der Waals surface area contributed by atoms with Crippen molar-refractivity contribution in [1.82, 2.24) is 4.90 Å². The summed E-state index contributed by atoms with van der Waals surface area (Å²) in [5.74, 6) is 0.330. The summed E-state index contributed by atoms with van der Waals surface area (Å²) >= 11 is 0. The summed E-state index contributed by atoms with van der Waals surface area (Å²) < 4.78 is 5.42. The van der Waals surface area contributed by atoms with Crippen LogP contribution >= 0.6 is 0 Å². The number of rotatable bonds is 4. The third-order valence-electron chi connectivity index (χ3n) is 4.74. The van der Waals surface area contributed by atoms with Crippen molar-refractivity contribution in [1.29, 1.82) is 0 Å². The molecule has 1 fully saturated rings. The van der Waals surface area contributed by atoms with Crippen LogP contribution in [0.25, 0.3) is 0 Å². The molecular weight excluding hydrogens is 342 g/mol. The number of nitrogens with zero attached hydrogens (tertiary/aromatic N) is 2. The van der Waals surface area contributed by atoms with Crippen molar-refractivity contribution in [2.75, 3.05) is 37.4 Å². The highest BCUT2D eigenvalue weighted by Crippen LogP contribution is 2.25. The first-order valence-electron chi connectivity index (χ1n) is 9.61. The summed E-state index contributed by atoms with van der Waals surface area (Å²) in [6, 6.07) is 6.02. The summed E-state index contributed by atoms with van der Waals surface area (Å²) in [7, 11) is 3.99. The van der Waals surface area contributed by atoms with Gasteiger partial charge in [-0.05, 0) is 70.2 Å². The van der Waals surface area contributed by atoms with Gasteiger partial charge in [-0.25, -0.2) is 4.79 Å². The first kappa shape index (κ1) is 21.1. The molecule has 1 aromatic carbocycles. The molecule has 0 spiro atoms. The topological polar surface area (TPSA) is 61.9 Å². The van der Waals surface area contributed by atoms with E-state index in [4.69, 9.17) is 4.74 Å². The van der Waals surface area contributed by atoms with Crippen LogP contribution in [0, 0.1) is 12.8 Å². The lowest BCUT2D eigenvalue weighted by Crippen LogP contribution is -2.42. The summed E-state index contributed by atoms with van der Waals surface area (Å²) in [6.07, 6.45) is 1.87. The van der Waals surface area contributed by atoms with Crippen LogP contribution in [0.15, 0.2) is 18.2 Å². The van der Waals surface area contributed by atoms with Crippen LogP contribution in [-0.2, 0) is 9.53 Å². The number of ether oxygens (including phenoxy) is 1. The number of benzene rings is 1. The lowest BCUT2D eigenvalue weighted by atomic mass is 9.93. The number of anilines is 2. The van der Waals surface area contributed by atoms with Crippen LogP contribution in [-0.4, -0.2) is 49.7 Å². The summed E-state index contributed by atoms with van der Waals surface area (Å²) in [4.78, 5) is 28.3. The monoisotopic (exact) mass is 375 g/mol. The molecule has 0 saturated carbocycles. The van der Waals surface area contributed by atoms with Gasteiger partial charge in [0.25, 0.3) is 0 Å². The minimum absolute atomic E-state index is 0.0337. The molecule has 1 saturated heterocycles. The molecule has 0 bridgehead atoms. The molecule has 27 heavy (non-hydrogen) atoms. The Hall–Kier alpha value is -2.24. The van der Waals surface area contributed by atoms with Gasteiger partial charge < -0.3 is 19.9 Å². The highest BCUT2D eigenvalue weighted by atomic mass is 16.6. The van der Waals surface area contributed by atoms with E-state index in [9.17, 15) is 9.59 Å². The molecule has 1 aromatic rings. The Balaban J connectivity index is 1.82. The molecule has 1 aliphatic heterocycles. The average molecular weight is 376 g/mol. The van der Waals surface area contributed by atoms with Gasteiger partial charge in [0.05, 0.1) is 0 Å². The van der Waals surface area contributed by atoms with Crippen molar-refractivity contribution >= 4 is 23.4 Å². The first-order valence-corrected chi connectivity index (χ1v) is 9.61. The largest absolute Gasteiger partial charge is 0.444 e. The first-order chi connectivity index (χ1) is 12.5. The molecule has 1 aliphatic rings. The fraction of sp³-hybridized carbons (Fsp3) is 0.619. The fourth-order valence-corrected chi connectivity index (χ4v) is 3.18. The number of carbonyl (C=O) groups is 2. The molecule has 0 radical (unpaired) electrons. The van der Waals surface area contributed by atoms with Crippen LogP contribution in [0.4, 0.5) is 16.2 Å². The minimum atomic E-state index is -0.478. The molecule has 6 nitrogen and oxygen atoms in total. The second-order valence-electron chi connectivity index (χ2n) is 8.56. The van der Waals surface area contributed by atoms with E-state index in [0.717, 1.165) is 29.8 Å². The van der Waals surface area contributed by atoms with Crippen molar-refractivity contribution in [3.8, 4) is 0 Å². The van der Waals surface area contributed by atoms with Gasteiger partial charge in [-0.2, -0.15) is 0 Å². The molecule has 6 heteroatoms. The van der Waals surface area contributed by atoms with Crippen LogP contribution in [0.5, 0.6) is 0 Å². The Kier molecular flexibility index (Phi) is 6.73. The predicted octanol–water partition coefficient (Wildman–Crippen LogP) is 4.04. The molecular formula is C21H33N3O3. The van der Waals surface area contributed by atoms with Gasteiger partial charge in [-0.15, -0.1) is 0 Å². The second kappa shape index (κ2) is 8.63. The van der Waals surface area contributed by atoms with E-state index in [1.54, 1.807) is 4.90 Å². The number of likely N-dealkylation sites (tertiary alicyclic amines) is 1. The number of hydrogen-bond donors (Lipinski definition) is 1. The SMILES string of the molecule is Cc1cc(N(C)C)ccc1NC(=O)CC1CCN(C(=O)OC(C)(C)C)CC1. The summed E-state index contributed by atoms with van der Waals surface area (Å²) in [5, 5.41) is 3.03. The van der Waals surface area contributed by atoms with Crippen LogP contribution in [0.2, 0.25) is 0 Å². The van der Waals surface area contributed by atoms with E-state index in [-0.39, 0.29) is 12.0 Å². The van der Waals surface area contributed by atoms with Crippen molar-refractivity contribution in [3.63, 3.8) is 0 Å². The van der Waals surface area contributed by atoms with Crippen molar-refractivity contribution < 1.29 is 14.3 Å². The number of piperidine rings is 1. The van der Waals surface area contributed by atoms with Gasteiger partial charge in [0.15, 0.2) is 0 Å². The van der Waals surface area contributed by atoms with Gasteiger partial charge in [-0.1, -0.05) is 0 Å². The van der Waals surface area contributed by atoms with E-state index < -0.39 is 5.60 Å². The van der Waals surface area contributed by atoms with Gasteiger partial charge in [0.2, 0.25) is 5.91 Å². The molecule has 1 heterocycles. The zero-order chi connectivity index (χ0) is 20.2. The van der Waals surface area contributed by atoms with Gasteiger partial charge in [-0.3, -0.25) is 4.79 Å². The maximum atomic E-state index is 12.4. The van der Waals surface area contributed by atoms with Crippen molar-refractivity contribution in [3.05, 3.63) is 23.8 Å². The molecule has 0 aliphatic carbocycles. The van der Waals surface area contributed by atoms with E-state index >= 15 is 0 Å². The average Bonchev–Trinajstić information content (AvgIpc) is 2.55. The van der Waals surface area contributed by atoms with Gasteiger partial charge in [0.1, 0.15) is 5.60 Å².